The number of thioether (sulfide) groups is 1. The third-order valence-corrected chi connectivity index (χ3v) is 4.94. The van der Waals surface area contributed by atoms with Crippen molar-refractivity contribution >= 4 is 45.1 Å². The summed E-state index contributed by atoms with van der Waals surface area (Å²) < 4.78 is 0.937. The van der Waals surface area contributed by atoms with Crippen LogP contribution in [0.15, 0.2) is 33.6 Å². The highest BCUT2D eigenvalue weighted by atomic mass is 79.9. The molecule has 112 valence electrons. The smallest absolute Gasteiger partial charge is 0.144 e. The lowest BCUT2D eigenvalue weighted by Crippen LogP contribution is -2.07. The third kappa shape index (κ3) is 4.87. The van der Waals surface area contributed by atoms with Gasteiger partial charge in [0.1, 0.15) is 11.6 Å². The molecule has 1 aromatic heterocycles. The van der Waals surface area contributed by atoms with Gasteiger partial charge in [-0.3, -0.25) is 0 Å². The number of hydrogen-bond acceptors (Lipinski definition) is 4. The first-order chi connectivity index (χ1) is 10.1. The highest BCUT2D eigenvalue weighted by Gasteiger charge is 2.09. The van der Waals surface area contributed by atoms with Crippen LogP contribution in [0.25, 0.3) is 0 Å². The summed E-state index contributed by atoms with van der Waals surface area (Å²) in [5, 5.41) is 4.07. The summed E-state index contributed by atoms with van der Waals surface area (Å²) >= 11 is 11.2. The van der Waals surface area contributed by atoms with Crippen LogP contribution in [-0.2, 0) is 5.75 Å². The lowest BCUT2D eigenvalue weighted by atomic mass is 10.4. The Bertz CT molecular complexity index is 622. The summed E-state index contributed by atoms with van der Waals surface area (Å²) in [5.74, 6) is 2.40. The number of anilines is 1. The van der Waals surface area contributed by atoms with Crippen molar-refractivity contribution in [2.45, 2.75) is 30.9 Å². The number of hydrogen-bond donors (Lipinski definition) is 1. The standard InChI is InChI=1S/C15H17BrClN3S/c1-3-7-18-15-14(16)10(2)19-13(20-15)9-21-12-6-4-5-11(17)8-12/h4-6,8H,3,7,9H2,1-2H3,(H,18,19,20). The van der Waals surface area contributed by atoms with Gasteiger partial charge in [-0.25, -0.2) is 9.97 Å². The highest BCUT2D eigenvalue weighted by molar-refractivity contribution is 9.10. The van der Waals surface area contributed by atoms with E-state index in [-0.39, 0.29) is 0 Å². The Morgan fingerprint density at radius 3 is 2.86 bits per heavy atom. The Hall–Kier alpha value is -0.780. The molecule has 3 nitrogen and oxygen atoms in total. The average Bonchev–Trinajstić information content (AvgIpc) is 2.47. The highest BCUT2D eigenvalue weighted by Crippen LogP contribution is 2.27. The van der Waals surface area contributed by atoms with Crippen molar-refractivity contribution in [3.8, 4) is 0 Å². The lowest BCUT2D eigenvalue weighted by Gasteiger charge is -2.10. The van der Waals surface area contributed by atoms with Crippen LogP contribution in [0.4, 0.5) is 5.82 Å². The lowest BCUT2D eigenvalue weighted by molar-refractivity contribution is 0.934. The Morgan fingerprint density at radius 1 is 1.33 bits per heavy atom. The predicted octanol–water partition coefficient (Wildman–Crippen LogP) is 5.32. The number of halogens is 2. The van der Waals surface area contributed by atoms with E-state index in [0.717, 1.165) is 50.4 Å². The molecule has 2 rings (SSSR count). The van der Waals surface area contributed by atoms with E-state index in [1.165, 1.54) is 0 Å². The molecule has 0 spiro atoms. The van der Waals surface area contributed by atoms with Gasteiger partial charge < -0.3 is 5.32 Å². The molecule has 0 aliphatic heterocycles. The molecule has 21 heavy (non-hydrogen) atoms. The van der Waals surface area contributed by atoms with Gasteiger partial charge in [0, 0.05) is 16.5 Å². The zero-order valence-corrected chi connectivity index (χ0v) is 15.1. The van der Waals surface area contributed by atoms with Crippen molar-refractivity contribution in [3.05, 3.63) is 45.3 Å². The summed E-state index contributed by atoms with van der Waals surface area (Å²) in [6.07, 6.45) is 1.06. The molecule has 1 N–H and O–H groups in total. The van der Waals surface area contributed by atoms with Crippen LogP contribution < -0.4 is 5.32 Å². The van der Waals surface area contributed by atoms with Gasteiger partial charge in [-0.15, -0.1) is 11.8 Å². The first-order valence-electron chi connectivity index (χ1n) is 6.75. The van der Waals surface area contributed by atoms with Crippen LogP contribution in [0.5, 0.6) is 0 Å². The van der Waals surface area contributed by atoms with Gasteiger partial charge in [-0.1, -0.05) is 24.6 Å². The fraction of sp³-hybridized carbons (Fsp3) is 0.333. The van der Waals surface area contributed by atoms with Crippen LogP contribution in [0.3, 0.4) is 0 Å². The van der Waals surface area contributed by atoms with E-state index in [0.29, 0.717) is 0 Å². The molecule has 0 radical (unpaired) electrons. The number of nitrogens with zero attached hydrogens (tertiary/aromatic N) is 2. The van der Waals surface area contributed by atoms with Crippen molar-refractivity contribution in [1.29, 1.82) is 0 Å². The summed E-state index contributed by atoms with van der Waals surface area (Å²) in [4.78, 5) is 10.2. The SMILES string of the molecule is CCCNc1nc(CSc2cccc(Cl)c2)nc(C)c1Br. The van der Waals surface area contributed by atoms with Crippen molar-refractivity contribution in [2.75, 3.05) is 11.9 Å². The molecule has 1 heterocycles. The van der Waals surface area contributed by atoms with Crippen molar-refractivity contribution in [3.63, 3.8) is 0 Å². The van der Waals surface area contributed by atoms with Gasteiger partial charge in [-0.2, -0.15) is 0 Å². The van der Waals surface area contributed by atoms with Gasteiger partial charge in [-0.05, 0) is 47.5 Å². The zero-order chi connectivity index (χ0) is 15.2. The van der Waals surface area contributed by atoms with Crippen LogP contribution in [0, 0.1) is 6.92 Å². The van der Waals surface area contributed by atoms with Gasteiger partial charge in [0.2, 0.25) is 0 Å². The molecule has 0 aliphatic rings. The number of aryl methyl sites for hydroxylation is 1. The Labute approximate surface area is 143 Å². The maximum atomic E-state index is 5.99. The quantitative estimate of drug-likeness (QED) is 0.682. The Morgan fingerprint density at radius 2 is 2.14 bits per heavy atom. The molecule has 0 saturated carbocycles. The first-order valence-corrected chi connectivity index (χ1v) is 8.91. The fourth-order valence-corrected chi connectivity index (χ4v) is 3.13. The molecule has 1 aromatic carbocycles. The summed E-state index contributed by atoms with van der Waals surface area (Å²) in [5.41, 5.74) is 0.949. The minimum Gasteiger partial charge on any atom is -0.369 e. The molecule has 0 amide bonds. The van der Waals surface area contributed by atoms with Crippen LogP contribution >= 0.6 is 39.3 Å². The minimum absolute atomic E-state index is 0.718. The Kier molecular flexibility index (Phi) is 6.33. The second-order valence-corrected chi connectivity index (χ2v) is 6.84. The molecule has 0 atom stereocenters. The summed E-state index contributed by atoms with van der Waals surface area (Å²) in [6.45, 7) is 5.01. The second-order valence-electron chi connectivity index (χ2n) is 4.56. The molecule has 0 unspecified atom stereocenters. The average molecular weight is 387 g/mol. The zero-order valence-electron chi connectivity index (χ0n) is 12.0. The number of nitrogens with one attached hydrogen (secondary N) is 1. The van der Waals surface area contributed by atoms with Crippen molar-refractivity contribution in [1.82, 2.24) is 9.97 Å². The minimum atomic E-state index is 0.718. The maximum absolute atomic E-state index is 5.99. The first kappa shape index (κ1) is 16.6. The van der Waals surface area contributed by atoms with Gasteiger partial charge in [0.25, 0.3) is 0 Å². The maximum Gasteiger partial charge on any atom is 0.144 e. The topological polar surface area (TPSA) is 37.8 Å². The van der Waals surface area contributed by atoms with E-state index in [4.69, 9.17) is 11.6 Å². The molecule has 2 aromatic rings. The van der Waals surface area contributed by atoms with E-state index in [9.17, 15) is 0 Å². The fourth-order valence-electron chi connectivity index (χ4n) is 1.75. The predicted molar refractivity (Wildman–Crippen MR) is 94.3 cm³/mol. The normalized spacial score (nSPS) is 10.7. The van der Waals surface area contributed by atoms with Gasteiger partial charge >= 0.3 is 0 Å². The van der Waals surface area contributed by atoms with Crippen molar-refractivity contribution < 1.29 is 0 Å². The van der Waals surface area contributed by atoms with Crippen LogP contribution in [0.2, 0.25) is 5.02 Å². The van der Waals surface area contributed by atoms with E-state index in [2.05, 4.69) is 38.1 Å². The number of aromatic nitrogens is 2. The van der Waals surface area contributed by atoms with Gasteiger partial charge in [0.15, 0.2) is 0 Å². The van der Waals surface area contributed by atoms with E-state index < -0.39 is 0 Å². The third-order valence-electron chi connectivity index (χ3n) is 2.77. The summed E-state index contributed by atoms with van der Waals surface area (Å²) in [7, 11) is 0. The number of benzene rings is 1. The van der Waals surface area contributed by atoms with Crippen molar-refractivity contribution in [2.24, 2.45) is 0 Å². The van der Waals surface area contributed by atoms with Crippen LogP contribution in [0.1, 0.15) is 24.9 Å². The molecule has 0 bridgehead atoms. The molecular weight excluding hydrogens is 370 g/mol. The van der Waals surface area contributed by atoms with E-state index in [1.54, 1.807) is 11.8 Å². The molecule has 6 heteroatoms. The molecule has 0 aliphatic carbocycles. The molecular formula is C15H17BrClN3S. The monoisotopic (exact) mass is 385 g/mol. The summed E-state index contributed by atoms with van der Waals surface area (Å²) in [6, 6.07) is 7.82. The molecule has 0 fully saturated rings. The Balaban J connectivity index is 2.11. The van der Waals surface area contributed by atoms with E-state index in [1.807, 2.05) is 31.2 Å². The number of rotatable bonds is 6. The molecule has 0 saturated heterocycles. The van der Waals surface area contributed by atoms with Gasteiger partial charge in [0.05, 0.1) is 15.9 Å². The van der Waals surface area contributed by atoms with Crippen LogP contribution in [-0.4, -0.2) is 16.5 Å². The van der Waals surface area contributed by atoms with E-state index >= 15 is 0 Å². The second kappa shape index (κ2) is 8.01. The largest absolute Gasteiger partial charge is 0.369 e.